The van der Waals surface area contributed by atoms with Gasteiger partial charge in [0, 0.05) is 44.5 Å². The number of pyridine rings is 1. The highest BCUT2D eigenvalue weighted by atomic mass is 35.5. The fourth-order valence-electron chi connectivity index (χ4n) is 3.97. The Morgan fingerprint density at radius 3 is 2.62 bits per heavy atom. The number of aliphatic hydroxyl groups excluding tert-OH is 1. The fourth-order valence-corrected chi connectivity index (χ4v) is 4.13. The molecule has 1 saturated heterocycles. The van der Waals surface area contributed by atoms with Crippen molar-refractivity contribution < 1.29 is 14.7 Å². The van der Waals surface area contributed by atoms with Crippen LogP contribution in [0, 0.1) is 0 Å². The number of carbonyl (C=O) groups is 2. The zero-order valence-corrected chi connectivity index (χ0v) is 18.4. The van der Waals surface area contributed by atoms with Gasteiger partial charge in [-0.25, -0.2) is 4.98 Å². The summed E-state index contributed by atoms with van der Waals surface area (Å²) < 4.78 is 0. The topological polar surface area (TPSA) is 102 Å². The monoisotopic (exact) mass is 455 g/mol. The number of amides is 2. The lowest BCUT2D eigenvalue weighted by Gasteiger charge is -2.36. The highest BCUT2D eigenvalue weighted by Gasteiger charge is 2.29. The van der Waals surface area contributed by atoms with Gasteiger partial charge in [0.1, 0.15) is 16.9 Å². The van der Waals surface area contributed by atoms with E-state index in [9.17, 15) is 9.59 Å². The Kier molecular flexibility index (Phi) is 7.04. The minimum atomic E-state index is -0.692. The van der Waals surface area contributed by atoms with Crippen LogP contribution in [0.3, 0.4) is 0 Å². The predicted octanol–water partition coefficient (Wildman–Crippen LogP) is 1.69. The first kappa shape index (κ1) is 22.3. The number of hydrogen-bond acceptors (Lipinski definition) is 5. The van der Waals surface area contributed by atoms with Gasteiger partial charge in [-0.05, 0) is 17.7 Å². The van der Waals surface area contributed by atoms with Gasteiger partial charge in [-0.15, -0.1) is 0 Å². The Bertz CT molecular complexity index is 1080. The number of halogens is 1. The highest BCUT2D eigenvalue weighted by Crippen LogP contribution is 2.18. The molecule has 1 aliphatic heterocycles. The Morgan fingerprint density at radius 2 is 1.91 bits per heavy atom. The van der Waals surface area contributed by atoms with E-state index in [1.54, 1.807) is 23.2 Å². The Labute approximate surface area is 191 Å². The van der Waals surface area contributed by atoms with Gasteiger partial charge < -0.3 is 20.3 Å². The molecule has 2 aromatic heterocycles. The average molecular weight is 456 g/mol. The number of benzene rings is 1. The van der Waals surface area contributed by atoms with Gasteiger partial charge >= 0.3 is 0 Å². The van der Waals surface area contributed by atoms with E-state index >= 15 is 0 Å². The van der Waals surface area contributed by atoms with Crippen LogP contribution in [0.4, 0.5) is 0 Å². The maximum atomic E-state index is 13.4. The number of rotatable bonds is 7. The normalized spacial score (nSPS) is 15.6. The third kappa shape index (κ3) is 5.27. The van der Waals surface area contributed by atoms with Crippen molar-refractivity contribution in [1.29, 1.82) is 0 Å². The van der Waals surface area contributed by atoms with Crippen LogP contribution in [0.5, 0.6) is 0 Å². The standard InChI is InChI=1S/C23H26ClN5O3/c24-21-14-17-13-18(26-20(17)15-25-21)22(31)27-19(12-16-4-2-1-3-5-16)23(32)29-8-6-28(7-9-29)10-11-30/h1-5,13-15,19,26,30H,6-12H2,(H,27,31)/t19-/m0/s1. The summed E-state index contributed by atoms with van der Waals surface area (Å²) >= 11 is 5.95. The second-order valence-corrected chi connectivity index (χ2v) is 8.27. The molecule has 8 nitrogen and oxygen atoms in total. The number of H-pyrrole nitrogens is 1. The summed E-state index contributed by atoms with van der Waals surface area (Å²) in [6.07, 6.45) is 1.97. The lowest BCUT2D eigenvalue weighted by molar-refractivity contribution is -0.135. The Hall–Kier alpha value is -2.94. The molecule has 3 heterocycles. The van der Waals surface area contributed by atoms with Crippen molar-refractivity contribution in [2.75, 3.05) is 39.3 Å². The summed E-state index contributed by atoms with van der Waals surface area (Å²) in [5.41, 5.74) is 2.02. The van der Waals surface area contributed by atoms with Crippen molar-refractivity contribution in [3.63, 3.8) is 0 Å². The fraction of sp³-hybridized carbons (Fsp3) is 0.348. The molecular formula is C23H26ClN5O3. The van der Waals surface area contributed by atoms with Crippen LogP contribution in [0.2, 0.25) is 5.15 Å². The van der Waals surface area contributed by atoms with Crippen molar-refractivity contribution in [2.45, 2.75) is 12.5 Å². The summed E-state index contributed by atoms with van der Waals surface area (Å²) in [4.78, 5) is 37.4. The Balaban J connectivity index is 1.50. The minimum absolute atomic E-state index is 0.103. The number of nitrogens with zero attached hydrogens (tertiary/aromatic N) is 3. The van der Waals surface area contributed by atoms with Crippen LogP contribution in [0.25, 0.3) is 10.9 Å². The van der Waals surface area contributed by atoms with Crippen LogP contribution in [-0.4, -0.2) is 82.1 Å². The van der Waals surface area contributed by atoms with Gasteiger partial charge in [-0.3, -0.25) is 14.5 Å². The highest BCUT2D eigenvalue weighted by molar-refractivity contribution is 6.30. The molecule has 1 atom stereocenters. The zero-order chi connectivity index (χ0) is 22.5. The number of aromatic nitrogens is 2. The van der Waals surface area contributed by atoms with E-state index in [0.29, 0.717) is 55.5 Å². The number of carbonyl (C=O) groups excluding carboxylic acids is 2. The van der Waals surface area contributed by atoms with E-state index in [1.165, 1.54) is 0 Å². The van der Waals surface area contributed by atoms with Gasteiger partial charge in [-0.1, -0.05) is 41.9 Å². The molecule has 32 heavy (non-hydrogen) atoms. The van der Waals surface area contributed by atoms with E-state index in [2.05, 4.69) is 20.2 Å². The van der Waals surface area contributed by atoms with E-state index in [1.807, 2.05) is 30.3 Å². The number of piperazine rings is 1. The molecule has 0 spiro atoms. The molecule has 1 aliphatic rings. The number of nitrogens with one attached hydrogen (secondary N) is 2. The van der Waals surface area contributed by atoms with E-state index in [4.69, 9.17) is 16.7 Å². The molecule has 4 rings (SSSR count). The molecule has 0 bridgehead atoms. The summed E-state index contributed by atoms with van der Waals surface area (Å²) in [5, 5.41) is 13.2. The minimum Gasteiger partial charge on any atom is -0.395 e. The summed E-state index contributed by atoms with van der Waals surface area (Å²) in [7, 11) is 0. The van der Waals surface area contributed by atoms with Gasteiger partial charge in [0.15, 0.2) is 0 Å². The summed E-state index contributed by atoms with van der Waals surface area (Å²) in [6.45, 7) is 3.24. The first-order valence-electron chi connectivity index (χ1n) is 10.6. The molecule has 9 heteroatoms. The summed E-state index contributed by atoms with van der Waals surface area (Å²) in [5.74, 6) is -0.461. The third-order valence-corrected chi connectivity index (χ3v) is 5.91. The predicted molar refractivity (Wildman–Crippen MR) is 123 cm³/mol. The first-order chi connectivity index (χ1) is 15.5. The second-order valence-electron chi connectivity index (χ2n) is 7.88. The second kappa shape index (κ2) is 10.1. The molecule has 1 fully saturated rings. The molecule has 0 radical (unpaired) electrons. The van der Waals surface area contributed by atoms with Crippen molar-refractivity contribution in [1.82, 2.24) is 25.1 Å². The molecule has 0 unspecified atom stereocenters. The number of fused-ring (bicyclic) bond motifs is 1. The maximum Gasteiger partial charge on any atom is 0.268 e. The zero-order valence-electron chi connectivity index (χ0n) is 17.6. The van der Waals surface area contributed by atoms with Gasteiger partial charge in [0.2, 0.25) is 5.91 Å². The average Bonchev–Trinajstić information content (AvgIpc) is 3.23. The molecular weight excluding hydrogens is 430 g/mol. The first-order valence-corrected chi connectivity index (χ1v) is 11.0. The molecule has 168 valence electrons. The lowest BCUT2D eigenvalue weighted by Crippen LogP contribution is -2.55. The smallest absolute Gasteiger partial charge is 0.268 e. The van der Waals surface area contributed by atoms with Gasteiger partial charge in [-0.2, -0.15) is 0 Å². The van der Waals surface area contributed by atoms with E-state index in [-0.39, 0.29) is 18.4 Å². The third-order valence-electron chi connectivity index (χ3n) is 5.70. The van der Waals surface area contributed by atoms with Gasteiger partial charge in [0.25, 0.3) is 5.91 Å². The lowest BCUT2D eigenvalue weighted by atomic mass is 10.0. The van der Waals surface area contributed by atoms with E-state index in [0.717, 1.165) is 10.9 Å². The molecule has 0 aliphatic carbocycles. The summed E-state index contributed by atoms with van der Waals surface area (Å²) in [6, 6.07) is 12.3. The largest absolute Gasteiger partial charge is 0.395 e. The maximum absolute atomic E-state index is 13.4. The van der Waals surface area contributed by atoms with Crippen molar-refractivity contribution >= 4 is 34.3 Å². The number of β-amino-alcohol motifs (C(OH)–C–C–N with tert-alkyl or cyclic N) is 1. The quantitative estimate of drug-likeness (QED) is 0.471. The van der Waals surface area contributed by atoms with Crippen LogP contribution in [-0.2, 0) is 11.2 Å². The molecule has 3 aromatic rings. The van der Waals surface area contributed by atoms with Crippen molar-refractivity contribution in [2.24, 2.45) is 0 Å². The SMILES string of the molecule is O=C(N[C@@H](Cc1ccccc1)C(=O)N1CCN(CCO)CC1)c1cc2cc(Cl)ncc2[nH]1. The number of aromatic amines is 1. The Morgan fingerprint density at radius 1 is 1.16 bits per heavy atom. The molecule has 3 N–H and O–H groups in total. The van der Waals surface area contributed by atoms with Crippen molar-refractivity contribution in [3.8, 4) is 0 Å². The van der Waals surface area contributed by atoms with Crippen LogP contribution >= 0.6 is 11.6 Å². The number of aliphatic hydroxyl groups is 1. The van der Waals surface area contributed by atoms with Crippen LogP contribution in [0.1, 0.15) is 16.1 Å². The molecule has 1 aromatic carbocycles. The number of hydrogen-bond donors (Lipinski definition) is 3. The molecule has 2 amide bonds. The van der Waals surface area contributed by atoms with Crippen molar-refractivity contribution in [3.05, 3.63) is 65.1 Å². The van der Waals surface area contributed by atoms with Crippen LogP contribution in [0.15, 0.2) is 48.7 Å². The molecule has 0 saturated carbocycles. The van der Waals surface area contributed by atoms with Gasteiger partial charge in [0.05, 0.1) is 18.3 Å². The van der Waals surface area contributed by atoms with E-state index < -0.39 is 6.04 Å². The van der Waals surface area contributed by atoms with Crippen LogP contribution < -0.4 is 5.32 Å².